The molecule has 0 spiro atoms. The van der Waals surface area contributed by atoms with Gasteiger partial charge in [-0.3, -0.25) is 0 Å². The molecular weight excluding hydrogens is 167 g/mol. The summed E-state index contributed by atoms with van der Waals surface area (Å²) in [5.41, 5.74) is 6.61. The Labute approximate surface area is 78.6 Å². The maximum atomic E-state index is 13.5. The molecule has 1 rings (SSSR count). The van der Waals surface area contributed by atoms with Crippen LogP contribution in [-0.4, -0.2) is 6.21 Å². The van der Waals surface area contributed by atoms with E-state index >= 15 is 0 Å². The van der Waals surface area contributed by atoms with E-state index in [1.54, 1.807) is 12.1 Å². The van der Waals surface area contributed by atoms with Crippen molar-refractivity contribution in [2.24, 2.45) is 0 Å². The van der Waals surface area contributed by atoms with E-state index in [0.717, 1.165) is 6.21 Å². The molecule has 0 radical (unpaired) electrons. The first-order chi connectivity index (χ1) is 6.07. The molecule has 0 unspecified atom stereocenters. The van der Waals surface area contributed by atoms with Crippen LogP contribution >= 0.6 is 0 Å². The number of hydrogen-bond acceptors (Lipinski definition) is 2. The van der Waals surface area contributed by atoms with Crippen molar-refractivity contribution < 1.29 is 5.82 Å². The van der Waals surface area contributed by atoms with Gasteiger partial charge in [-0.1, -0.05) is 26.0 Å². The molecule has 3 N–H and O–H groups in total. The molecule has 2 nitrogen and oxygen atoms in total. The number of anilines is 1. The molecule has 0 saturated carbocycles. The normalized spacial score (nSPS) is 10.5. The zero-order chi connectivity index (χ0) is 10.0. The minimum atomic E-state index is -0.393. The molecule has 3 heteroatoms. The van der Waals surface area contributed by atoms with Crippen LogP contribution in [0.1, 0.15) is 32.3 Å². The van der Waals surface area contributed by atoms with E-state index in [9.17, 15) is 4.39 Å². The standard InChI is InChI=1S/C10H13FN2.H2/c1-6(2)8-4-3-7(5-12)10(13)9(8)11;/h3-6,12H,13H2,1-2H3;1H. The SMILES string of the molecule is CC(C)c1ccc(C=N)c(N)c1F.[HH]. The molecule has 13 heavy (non-hydrogen) atoms. The lowest BCUT2D eigenvalue weighted by atomic mass is 10.00. The summed E-state index contributed by atoms with van der Waals surface area (Å²) in [6.07, 6.45) is 1.06. The summed E-state index contributed by atoms with van der Waals surface area (Å²) in [6.45, 7) is 3.81. The van der Waals surface area contributed by atoms with Gasteiger partial charge >= 0.3 is 0 Å². The van der Waals surface area contributed by atoms with E-state index in [0.29, 0.717) is 11.1 Å². The van der Waals surface area contributed by atoms with Crippen molar-refractivity contribution in [2.75, 3.05) is 5.73 Å². The van der Waals surface area contributed by atoms with Crippen LogP contribution in [0, 0.1) is 11.2 Å². The lowest BCUT2D eigenvalue weighted by Gasteiger charge is -2.10. The van der Waals surface area contributed by atoms with Crippen molar-refractivity contribution in [1.82, 2.24) is 0 Å². The molecular formula is C10H15FN2. The Balaban J connectivity index is 0.00000169. The van der Waals surface area contributed by atoms with Crippen LogP contribution < -0.4 is 5.73 Å². The maximum absolute atomic E-state index is 13.5. The lowest BCUT2D eigenvalue weighted by Crippen LogP contribution is -2.02. The second-order valence-corrected chi connectivity index (χ2v) is 3.27. The Morgan fingerprint density at radius 1 is 1.54 bits per heavy atom. The molecule has 0 fully saturated rings. The van der Waals surface area contributed by atoms with Crippen molar-refractivity contribution >= 4 is 11.9 Å². The van der Waals surface area contributed by atoms with Crippen LogP contribution in [0.3, 0.4) is 0 Å². The highest BCUT2D eigenvalue weighted by Crippen LogP contribution is 2.24. The predicted molar refractivity (Wildman–Crippen MR) is 54.9 cm³/mol. The minimum Gasteiger partial charge on any atom is -0.396 e. The molecule has 0 amide bonds. The molecule has 0 aromatic heterocycles. The fourth-order valence-corrected chi connectivity index (χ4v) is 1.20. The number of rotatable bonds is 2. The number of nitrogen functional groups attached to an aromatic ring is 1. The Kier molecular flexibility index (Phi) is 2.66. The summed E-state index contributed by atoms with van der Waals surface area (Å²) < 4.78 is 13.5. The van der Waals surface area contributed by atoms with E-state index in [2.05, 4.69) is 0 Å². The zero-order valence-corrected chi connectivity index (χ0v) is 7.76. The van der Waals surface area contributed by atoms with Gasteiger partial charge in [0.05, 0.1) is 5.69 Å². The summed E-state index contributed by atoms with van der Waals surface area (Å²) in [7, 11) is 0. The minimum absolute atomic E-state index is 0. The van der Waals surface area contributed by atoms with Crippen LogP contribution in [0.4, 0.5) is 10.1 Å². The highest BCUT2D eigenvalue weighted by Gasteiger charge is 2.11. The van der Waals surface area contributed by atoms with Crippen LogP contribution in [0.25, 0.3) is 0 Å². The van der Waals surface area contributed by atoms with E-state index < -0.39 is 5.82 Å². The van der Waals surface area contributed by atoms with E-state index in [-0.39, 0.29) is 13.0 Å². The Morgan fingerprint density at radius 2 is 2.15 bits per heavy atom. The Bertz CT molecular complexity index is 337. The third-order valence-electron chi connectivity index (χ3n) is 2.02. The molecule has 0 heterocycles. The van der Waals surface area contributed by atoms with Crippen LogP contribution in [-0.2, 0) is 0 Å². The average molecular weight is 182 g/mol. The number of benzene rings is 1. The molecule has 72 valence electrons. The first-order valence-electron chi connectivity index (χ1n) is 4.16. The number of nitrogens with two attached hydrogens (primary N) is 1. The van der Waals surface area contributed by atoms with Gasteiger partial charge in [0.15, 0.2) is 0 Å². The first kappa shape index (κ1) is 9.71. The Hall–Kier alpha value is -1.38. The fourth-order valence-electron chi connectivity index (χ4n) is 1.20. The molecule has 1 aromatic carbocycles. The van der Waals surface area contributed by atoms with Crippen molar-refractivity contribution in [3.05, 3.63) is 29.1 Å². The van der Waals surface area contributed by atoms with Crippen molar-refractivity contribution in [1.29, 1.82) is 5.41 Å². The van der Waals surface area contributed by atoms with Gasteiger partial charge < -0.3 is 11.1 Å². The van der Waals surface area contributed by atoms with Gasteiger partial charge in [-0.15, -0.1) is 0 Å². The van der Waals surface area contributed by atoms with E-state index in [1.165, 1.54) is 0 Å². The van der Waals surface area contributed by atoms with Gasteiger partial charge in [0, 0.05) is 13.2 Å². The van der Waals surface area contributed by atoms with Crippen molar-refractivity contribution in [3.63, 3.8) is 0 Å². The first-order valence-corrected chi connectivity index (χ1v) is 4.16. The quantitative estimate of drug-likeness (QED) is 0.536. The summed E-state index contributed by atoms with van der Waals surface area (Å²) in [5, 5.41) is 6.99. The van der Waals surface area contributed by atoms with Crippen molar-refractivity contribution in [3.8, 4) is 0 Å². The lowest BCUT2D eigenvalue weighted by molar-refractivity contribution is 0.603. The van der Waals surface area contributed by atoms with Gasteiger partial charge in [-0.25, -0.2) is 4.39 Å². The second kappa shape index (κ2) is 3.56. The zero-order valence-electron chi connectivity index (χ0n) is 7.76. The summed E-state index contributed by atoms with van der Waals surface area (Å²) in [6, 6.07) is 3.34. The predicted octanol–water partition coefficient (Wildman–Crippen LogP) is 2.77. The molecule has 0 saturated heterocycles. The third kappa shape index (κ3) is 1.69. The smallest absolute Gasteiger partial charge is 0.150 e. The topological polar surface area (TPSA) is 49.9 Å². The highest BCUT2D eigenvalue weighted by atomic mass is 19.1. The monoisotopic (exact) mass is 182 g/mol. The second-order valence-electron chi connectivity index (χ2n) is 3.27. The number of hydrogen-bond donors (Lipinski definition) is 2. The summed E-state index contributed by atoms with van der Waals surface area (Å²) in [4.78, 5) is 0. The molecule has 0 bridgehead atoms. The van der Waals surface area contributed by atoms with E-state index in [1.807, 2.05) is 13.8 Å². The summed E-state index contributed by atoms with van der Waals surface area (Å²) in [5.74, 6) is -0.280. The maximum Gasteiger partial charge on any atom is 0.150 e. The van der Waals surface area contributed by atoms with Gasteiger partial charge in [0.1, 0.15) is 5.82 Å². The van der Waals surface area contributed by atoms with E-state index in [4.69, 9.17) is 11.1 Å². The van der Waals surface area contributed by atoms with Gasteiger partial charge in [-0.05, 0) is 11.5 Å². The fraction of sp³-hybridized carbons (Fsp3) is 0.300. The molecule has 0 aliphatic rings. The number of halogens is 1. The van der Waals surface area contributed by atoms with Crippen LogP contribution in [0.15, 0.2) is 12.1 Å². The molecule has 0 atom stereocenters. The van der Waals surface area contributed by atoms with Gasteiger partial charge in [0.25, 0.3) is 0 Å². The average Bonchev–Trinajstić information content (AvgIpc) is 2.09. The number of nitrogens with one attached hydrogen (secondary N) is 1. The largest absolute Gasteiger partial charge is 0.396 e. The van der Waals surface area contributed by atoms with Gasteiger partial charge in [0.2, 0.25) is 0 Å². The Morgan fingerprint density at radius 3 is 2.62 bits per heavy atom. The molecule has 1 aromatic rings. The van der Waals surface area contributed by atoms with Crippen LogP contribution in [0.5, 0.6) is 0 Å². The molecule has 0 aliphatic heterocycles. The van der Waals surface area contributed by atoms with Gasteiger partial charge in [-0.2, -0.15) is 0 Å². The van der Waals surface area contributed by atoms with Crippen LogP contribution in [0.2, 0.25) is 0 Å². The third-order valence-corrected chi connectivity index (χ3v) is 2.02. The molecule has 0 aliphatic carbocycles. The highest BCUT2D eigenvalue weighted by molar-refractivity contribution is 5.85. The van der Waals surface area contributed by atoms with Crippen molar-refractivity contribution in [2.45, 2.75) is 19.8 Å². The summed E-state index contributed by atoms with van der Waals surface area (Å²) >= 11 is 0.